The quantitative estimate of drug-likeness (QED) is 0.445. The number of rotatable bonds is 10. The summed E-state index contributed by atoms with van der Waals surface area (Å²) in [5.74, 6) is 2.66. The molecule has 2 N–H and O–H groups in total. The molecule has 6 nitrogen and oxygen atoms in total. The number of nitrogens with zero attached hydrogens (tertiary/aromatic N) is 3. The van der Waals surface area contributed by atoms with Gasteiger partial charge in [-0.25, -0.2) is 4.98 Å². The Hall–Kier alpha value is -2.86. The maximum absolute atomic E-state index is 5.77. The van der Waals surface area contributed by atoms with Crippen molar-refractivity contribution in [3.63, 3.8) is 0 Å². The van der Waals surface area contributed by atoms with E-state index < -0.39 is 0 Å². The summed E-state index contributed by atoms with van der Waals surface area (Å²) >= 11 is 0. The normalized spacial score (nSPS) is 18.4. The molecule has 0 aliphatic heterocycles. The number of para-hydroxylation sites is 2. The van der Waals surface area contributed by atoms with Crippen molar-refractivity contribution in [1.82, 2.24) is 15.3 Å². The smallest absolute Gasteiger partial charge is 0.225 e. The Morgan fingerprint density at radius 3 is 2.38 bits per heavy atom. The molecule has 2 aromatic carbocycles. The molecule has 32 heavy (non-hydrogen) atoms. The van der Waals surface area contributed by atoms with E-state index >= 15 is 0 Å². The van der Waals surface area contributed by atoms with Crippen molar-refractivity contribution < 1.29 is 4.74 Å². The van der Waals surface area contributed by atoms with E-state index in [1.54, 1.807) is 0 Å². The second-order valence-electron chi connectivity index (χ2n) is 8.80. The summed E-state index contributed by atoms with van der Waals surface area (Å²) in [5.41, 5.74) is 0.986. The van der Waals surface area contributed by atoms with Crippen LogP contribution < -0.4 is 20.3 Å². The van der Waals surface area contributed by atoms with E-state index in [0.29, 0.717) is 12.1 Å². The van der Waals surface area contributed by atoms with Crippen molar-refractivity contribution in [3.05, 3.63) is 54.6 Å². The van der Waals surface area contributed by atoms with Crippen molar-refractivity contribution in [1.29, 1.82) is 0 Å². The Morgan fingerprint density at radius 1 is 0.875 bits per heavy atom. The highest BCUT2D eigenvalue weighted by Crippen LogP contribution is 2.26. The maximum atomic E-state index is 5.77. The molecule has 0 spiro atoms. The summed E-state index contributed by atoms with van der Waals surface area (Å²) in [6.07, 6.45) is 6.87. The molecular weight excluding hydrogens is 398 g/mol. The van der Waals surface area contributed by atoms with Gasteiger partial charge in [0.25, 0.3) is 0 Å². The molecule has 1 saturated carbocycles. The van der Waals surface area contributed by atoms with Crippen LogP contribution >= 0.6 is 0 Å². The van der Waals surface area contributed by atoms with Gasteiger partial charge in [-0.2, -0.15) is 4.98 Å². The standard InChI is InChI=1S/C26H35N5O/c1-31(2)25-23-12-6-7-13-24(23)29-26(30-25)28-21-16-14-20(15-17-21)27-18-8-9-19-32-22-10-4-3-5-11-22/h3-7,10-13,20-21,27H,8-9,14-19H2,1-2H3,(H,28,29,30). The number of benzene rings is 2. The minimum Gasteiger partial charge on any atom is -0.494 e. The third-order valence-electron chi connectivity index (χ3n) is 6.08. The molecule has 0 saturated heterocycles. The van der Waals surface area contributed by atoms with Crippen molar-refractivity contribution in [3.8, 4) is 5.75 Å². The molecule has 1 aliphatic carbocycles. The van der Waals surface area contributed by atoms with Crippen molar-refractivity contribution >= 4 is 22.7 Å². The lowest BCUT2D eigenvalue weighted by Gasteiger charge is -2.30. The molecule has 1 aliphatic rings. The number of aromatic nitrogens is 2. The van der Waals surface area contributed by atoms with E-state index in [9.17, 15) is 0 Å². The van der Waals surface area contributed by atoms with Crippen LogP contribution in [0.4, 0.5) is 11.8 Å². The molecular formula is C26H35N5O. The lowest BCUT2D eigenvalue weighted by molar-refractivity contribution is 0.299. The summed E-state index contributed by atoms with van der Waals surface area (Å²) in [6.45, 7) is 1.84. The van der Waals surface area contributed by atoms with Gasteiger partial charge in [-0.1, -0.05) is 30.3 Å². The fraction of sp³-hybridized carbons (Fsp3) is 0.462. The number of ether oxygens (including phenoxy) is 1. The average Bonchev–Trinajstić information content (AvgIpc) is 2.82. The molecule has 0 radical (unpaired) electrons. The van der Waals surface area contributed by atoms with Crippen molar-refractivity contribution in [2.75, 3.05) is 37.5 Å². The fourth-order valence-corrected chi connectivity index (χ4v) is 4.33. The topological polar surface area (TPSA) is 62.3 Å². The third-order valence-corrected chi connectivity index (χ3v) is 6.08. The minimum atomic E-state index is 0.434. The van der Waals surface area contributed by atoms with Gasteiger partial charge in [0.1, 0.15) is 11.6 Å². The van der Waals surface area contributed by atoms with Gasteiger partial charge in [0.2, 0.25) is 5.95 Å². The van der Waals surface area contributed by atoms with E-state index in [0.717, 1.165) is 67.3 Å². The van der Waals surface area contributed by atoms with Crippen molar-refractivity contribution in [2.24, 2.45) is 0 Å². The van der Waals surface area contributed by atoms with Crippen LogP contribution in [0.1, 0.15) is 38.5 Å². The van der Waals surface area contributed by atoms with Crippen LogP contribution in [0.3, 0.4) is 0 Å². The van der Waals surface area contributed by atoms with E-state index in [1.165, 1.54) is 12.8 Å². The first-order valence-corrected chi connectivity index (χ1v) is 11.8. The van der Waals surface area contributed by atoms with Crippen LogP contribution in [0.5, 0.6) is 5.75 Å². The number of unbranched alkanes of at least 4 members (excludes halogenated alkanes) is 1. The average molecular weight is 434 g/mol. The molecule has 0 bridgehead atoms. The van der Waals surface area contributed by atoms with Gasteiger partial charge in [-0.05, 0) is 69.3 Å². The second-order valence-corrected chi connectivity index (χ2v) is 8.80. The fourth-order valence-electron chi connectivity index (χ4n) is 4.33. The van der Waals surface area contributed by atoms with Gasteiger partial charge >= 0.3 is 0 Å². The Kier molecular flexibility index (Phi) is 7.77. The lowest BCUT2D eigenvalue weighted by Crippen LogP contribution is -2.37. The highest BCUT2D eigenvalue weighted by atomic mass is 16.5. The molecule has 1 aromatic heterocycles. The zero-order valence-corrected chi connectivity index (χ0v) is 19.3. The summed E-state index contributed by atoms with van der Waals surface area (Å²) in [6, 6.07) is 19.3. The number of fused-ring (bicyclic) bond motifs is 1. The third kappa shape index (κ3) is 6.10. The van der Waals surface area contributed by atoms with E-state index in [1.807, 2.05) is 56.6 Å². The highest BCUT2D eigenvalue weighted by Gasteiger charge is 2.21. The molecule has 3 aromatic rings. The summed E-state index contributed by atoms with van der Waals surface area (Å²) < 4.78 is 5.77. The molecule has 4 rings (SSSR count). The first-order valence-electron chi connectivity index (χ1n) is 11.8. The zero-order chi connectivity index (χ0) is 22.2. The predicted molar refractivity (Wildman–Crippen MR) is 133 cm³/mol. The monoisotopic (exact) mass is 433 g/mol. The van der Waals surface area contributed by atoms with Crippen molar-refractivity contribution in [2.45, 2.75) is 50.6 Å². The second kappa shape index (κ2) is 11.1. The van der Waals surface area contributed by atoms with Crippen LogP contribution in [0, 0.1) is 0 Å². The van der Waals surface area contributed by atoms with E-state index in [-0.39, 0.29) is 0 Å². The van der Waals surface area contributed by atoms with Crippen LogP contribution in [0.25, 0.3) is 10.9 Å². The van der Waals surface area contributed by atoms with Gasteiger partial charge in [0.05, 0.1) is 12.1 Å². The maximum Gasteiger partial charge on any atom is 0.225 e. The Labute approximate surface area is 191 Å². The zero-order valence-electron chi connectivity index (χ0n) is 19.3. The number of hydrogen-bond donors (Lipinski definition) is 2. The number of anilines is 2. The SMILES string of the molecule is CN(C)c1nc(NC2CCC(NCCCCOc3ccccc3)CC2)nc2ccccc12. The molecule has 6 heteroatoms. The molecule has 0 unspecified atom stereocenters. The van der Waals surface area contributed by atoms with Gasteiger partial charge < -0.3 is 20.3 Å². The van der Waals surface area contributed by atoms with Crippen LogP contribution in [-0.4, -0.2) is 49.3 Å². The molecule has 170 valence electrons. The Bertz CT molecular complexity index is 970. The Morgan fingerprint density at radius 2 is 1.59 bits per heavy atom. The molecule has 0 amide bonds. The first-order chi connectivity index (χ1) is 15.7. The van der Waals surface area contributed by atoms with Gasteiger partial charge in [0.15, 0.2) is 0 Å². The van der Waals surface area contributed by atoms with Gasteiger partial charge in [-0.15, -0.1) is 0 Å². The van der Waals surface area contributed by atoms with Gasteiger partial charge in [-0.3, -0.25) is 0 Å². The summed E-state index contributed by atoms with van der Waals surface area (Å²) in [5, 5.41) is 8.41. The molecule has 1 heterocycles. The number of hydrogen-bond acceptors (Lipinski definition) is 6. The lowest BCUT2D eigenvalue weighted by atomic mass is 9.91. The largest absolute Gasteiger partial charge is 0.494 e. The highest BCUT2D eigenvalue weighted by molar-refractivity contribution is 5.90. The predicted octanol–water partition coefficient (Wildman–Crippen LogP) is 4.87. The summed E-state index contributed by atoms with van der Waals surface area (Å²) in [4.78, 5) is 11.6. The summed E-state index contributed by atoms with van der Waals surface area (Å²) in [7, 11) is 4.06. The van der Waals surface area contributed by atoms with Crippen LogP contribution in [-0.2, 0) is 0 Å². The van der Waals surface area contributed by atoms with Crippen LogP contribution in [0.2, 0.25) is 0 Å². The molecule has 0 atom stereocenters. The van der Waals surface area contributed by atoms with E-state index in [2.05, 4.69) is 27.7 Å². The molecule has 1 fully saturated rings. The van der Waals surface area contributed by atoms with Crippen LogP contribution in [0.15, 0.2) is 54.6 Å². The number of nitrogens with one attached hydrogen (secondary N) is 2. The van der Waals surface area contributed by atoms with E-state index in [4.69, 9.17) is 14.7 Å². The Balaban J connectivity index is 1.17. The minimum absolute atomic E-state index is 0.434. The van der Waals surface area contributed by atoms with Gasteiger partial charge in [0, 0.05) is 31.6 Å². The first kappa shape index (κ1) is 22.3.